The Balaban J connectivity index is 0.674. The second-order valence-corrected chi connectivity index (χ2v) is 32.7. The van der Waals surface area contributed by atoms with Gasteiger partial charge < -0.3 is 68.9 Å². The maximum atomic E-state index is 14.3. The normalized spacial score (nSPS) is 23.6. The minimum Gasteiger partial charge on any atom is -0.491 e. The number of carbonyl (C=O) groups is 8. The van der Waals surface area contributed by atoms with Gasteiger partial charge in [-0.2, -0.15) is 13.5 Å². The Hall–Kier alpha value is -9.68. The van der Waals surface area contributed by atoms with Gasteiger partial charge in [0, 0.05) is 104 Å². The smallest absolute Gasteiger partial charge is 0.410 e. The number of carbonyl (C=O) groups excluding carboxylic acids is 6. The fraction of sp³-hybridized carbons (Fsp3) is 0.474. The van der Waals surface area contributed by atoms with Gasteiger partial charge in [-0.05, 0) is 140 Å². The molecule has 6 aliphatic rings. The monoisotopic (exact) mass is 1570 g/mol. The lowest BCUT2D eigenvalue weighted by Gasteiger charge is -2.69. The lowest BCUT2D eigenvalue weighted by Crippen LogP contribution is -2.64. The van der Waals surface area contributed by atoms with Crippen molar-refractivity contribution in [3.63, 3.8) is 0 Å². The number of imide groups is 1. The number of ether oxygens (including phenoxy) is 7. The molecule has 592 valence electrons. The molecule has 2 unspecified atom stereocenters. The van der Waals surface area contributed by atoms with E-state index in [1.165, 1.54) is 53.7 Å². The summed E-state index contributed by atoms with van der Waals surface area (Å²) in [4.78, 5) is 115. The molecule has 5 fully saturated rings. The summed E-state index contributed by atoms with van der Waals surface area (Å²) in [6, 6.07) is 24.8. The summed E-state index contributed by atoms with van der Waals surface area (Å²) in [7, 11) is -3.21. The second-order valence-electron chi connectivity index (χ2n) is 30.1. The van der Waals surface area contributed by atoms with Crippen molar-refractivity contribution in [3.8, 4) is 33.9 Å². The van der Waals surface area contributed by atoms with E-state index in [0.29, 0.717) is 76.3 Å². The number of amides is 5. The summed E-state index contributed by atoms with van der Waals surface area (Å²) in [5.41, 5.74) is 3.12. The highest BCUT2D eigenvalue weighted by molar-refractivity contribution is 7.85. The average molecular weight is 1570 g/mol. The van der Waals surface area contributed by atoms with Gasteiger partial charge in [-0.15, -0.1) is 0 Å². The zero-order valence-electron chi connectivity index (χ0n) is 61.7. The fourth-order valence-electron chi connectivity index (χ4n) is 17.2. The summed E-state index contributed by atoms with van der Waals surface area (Å²) in [6.07, 6.45) is -0.381. The van der Waals surface area contributed by atoms with Crippen molar-refractivity contribution >= 4 is 95.0 Å². The molecule has 0 spiro atoms. The number of pyridine rings is 1. The average Bonchev–Trinajstić information content (AvgIpc) is 0.902. The second kappa shape index (κ2) is 34.1. The molecule has 111 heavy (non-hydrogen) atoms. The molecule has 4 aromatic carbocycles. The topological polar surface area (TPSA) is 431 Å². The highest BCUT2D eigenvalue weighted by Crippen LogP contribution is 2.72. The Morgan fingerprint density at radius 1 is 0.775 bits per heavy atom. The number of hydrogen-bond acceptors (Lipinski definition) is 24. The maximum absolute atomic E-state index is 14.3. The van der Waals surface area contributed by atoms with E-state index in [2.05, 4.69) is 29.5 Å². The molecule has 3 aromatic heterocycles. The molecule has 7 aromatic rings. The van der Waals surface area contributed by atoms with Crippen molar-refractivity contribution in [2.75, 3.05) is 70.8 Å². The van der Waals surface area contributed by atoms with Gasteiger partial charge in [-0.25, -0.2) is 24.4 Å². The van der Waals surface area contributed by atoms with Crippen LogP contribution in [0.5, 0.6) is 11.5 Å². The van der Waals surface area contributed by atoms with Crippen molar-refractivity contribution in [1.82, 2.24) is 34.9 Å². The maximum Gasteiger partial charge on any atom is 0.410 e. The van der Waals surface area contributed by atoms with Crippen LogP contribution in [0.3, 0.4) is 0 Å². The first kappa shape index (κ1) is 80.8. The number of nitrogens with one attached hydrogen (secondary N) is 2. The number of aliphatic carboxylic acids is 1. The number of rotatable bonds is 37. The predicted molar refractivity (Wildman–Crippen MR) is 401 cm³/mol. The number of aliphatic hydroxyl groups excluding tert-OH is 3. The van der Waals surface area contributed by atoms with Crippen LogP contribution in [0.4, 0.5) is 9.93 Å². The number of para-hydroxylation sites is 1. The summed E-state index contributed by atoms with van der Waals surface area (Å²) < 4.78 is 77.8. The van der Waals surface area contributed by atoms with Crippen LogP contribution in [0.1, 0.15) is 123 Å². The zero-order chi connectivity index (χ0) is 79.2. The molecule has 5 amide bonds. The number of nitrogens with zero attached hydrogens (tertiary/aromatic N) is 6. The molecule has 5 heterocycles. The van der Waals surface area contributed by atoms with E-state index in [0.717, 1.165) is 58.3 Å². The Bertz CT molecular complexity index is 4760. The number of anilines is 1. The molecule has 0 radical (unpaired) electrons. The van der Waals surface area contributed by atoms with Crippen LogP contribution in [0, 0.1) is 23.2 Å². The van der Waals surface area contributed by atoms with Gasteiger partial charge in [0.15, 0.2) is 22.7 Å². The molecular weight excluding hydrogens is 1480 g/mol. The summed E-state index contributed by atoms with van der Waals surface area (Å²) in [5, 5.41) is 64.2. The molecule has 4 bridgehead atoms. The number of hydrogen-bond donors (Lipinski definition) is 8. The van der Waals surface area contributed by atoms with Crippen molar-refractivity contribution in [1.29, 1.82) is 0 Å². The molecule has 8 atom stereocenters. The molecule has 8 N–H and O–H groups in total. The number of carboxylic acids is 2. The number of benzene rings is 4. The van der Waals surface area contributed by atoms with Crippen LogP contribution in [0.2, 0.25) is 0 Å². The summed E-state index contributed by atoms with van der Waals surface area (Å²) >= 11 is 1.38. The van der Waals surface area contributed by atoms with Crippen molar-refractivity contribution in [2.45, 2.75) is 153 Å². The Morgan fingerprint density at radius 3 is 2.26 bits per heavy atom. The van der Waals surface area contributed by atoms with Gasteiger partial charge in [0.2, 0.25) is 12.2 Å². The van der Waals surface area contributed by atoms with Gasteiger partial charge in [0.05, 0.1) is 47.5 Å². The zero-order valence-corrected chi connectivity index (χ0v) is 63.4. The third-order valence-electron chi connectivity index (χ3n) is 21.1. The number of ketones is 1. The van der Waals surface area contributed by atoms with E-state index < -0.39 is 99.8 Å². The van der Waals surface area contributed by atoms with E-state index in [1.54, 1.807) is 24.4 Å². The van der Waals surface area contributed by atoms with E-state index >= 15 is 0 Å². The number of fused-ring (bicyclic) bond motifs is 2. The van der Waals surface area contributed by atoms with Crippen LogP contribution < -0.4 is 20.1 Å². The molecular formula is C78H90N8O23S2. The van der Waals surface area contributed by atoms with Gasteiger partial charge in [0.25, 0.3) is 27.8 Å². The Morgan fingerprint density at radius 2 is 1.53 bits per heavy atom. The van der Waals surface area contributed by atoms with Gasteiger partial charge in [0.1, 0.15) is 54.8 Å². The Kier molecular flexibility index (Phi) is 24.8. The largest absolute Gasteiger partial charge is 0.491 e. The minimum absolute atomic E-state index is 0.0523. The number of thiazole rings is 1. The first-order chi connectivity index (χ1) is 52.9. The predicted octanol–water partition coefficient (Wildman–Crippen LogP) is 7.93. The minimum atomic E-state index is -4.72. The van der Waals surface area contributed by atoms with E-state index in [-0.39, 0.29) is 118 Å². The lowest BCUT2D eigenvalue weighted by molar-refractivity contribution is -0.271. The molecule has 4 aliphatic carbocycles. The van der Waals surface area contributed by atoms with Gasteiger partial charge in [-0.1, -0.05) is 68.0 Å². The van der Waals surface area contributed by atoms with Crippen molar-refractivity contribution in [3.05, 3.63) is 132 Å². The molecule has 31 nitrogen and oxygen atoms in total. The highest BCUT2D eigenvalue weighted by Gasteiger charge is 2.66. The third kappa shape index (κ3) is 19.3. The number of aromatic nitrogens is 4. The third-order valence-corrected chi connectivity index (χ3v) is 22.8. The quantitative estimate of drug-likeness (QED) is 0.0104. The fourth-order valence-corrected chi connectivity index (χ4v) is 18.8. The Labute approximate surface area is 642 Å². The van der Waals surface area contributed by atoms with E-state index in [4.69, 9.17) is 43.2 Å². The summed E-state index contributed by atoms with van der Waals surface area (Å²) in [6.45, 7) is 7.07. The SMILES string of the molecule is COCCN(CCOC12CC3(C)CC(C)(CC(Cn4ncc(-c5ccc(-c6ccc7cccc(C(=O)Nc8nc9ccccc9s8)c7c6)nc5C(=O)O)c4C)(C3)C1)C2)C(=O)OCc1ccc(O[C@@H]2O[C@H](C(=O)O)[C@@H](O)[C@H](O)[C@H]2O)cc1OCCOCCCC(=O)[C@H](CS(=O)(=O)O)NC(=O)CCCCCN1C(=O)C=CC1=O. The van der Waals surface area contributed by atoms with Gasteiger partial charge in [-0.3, -0.25) is 43.4 Å². The molecule has 2 aliphatic heterocycles. The molecule has 4 saturated carbocycles. The van der Waals surface area contributed by atoms with Crippen LogP contribution in [-0.2, 0) is 70.9 Å². The van der Waals surface area contributed by atoms with Crippen LogP contribution in [0.25, 0.3) is 43.4 Å². The standard InChI is InChI=1S/C78H90N8O23S2/c1-46-54(51-22-23-55(81-64(51)70(95)96)48-19-18-47-12-10-13-52(53(47)34-48)69(94)83-73-82-56-14-7-8-16-60(56)110-73)36-79-86(46)45-77-40-75(2)39-76(3,41-77)43-78(42-75,44-77)107-31-28-84(27-30-103-4)74(99)106-37-49-20-21-50(108-72-67(93)65(91)66(92)68(109-72)71(97)98)35-59(49)105-33-32-104-29-11-15-58(87)57(38-111(100,101)102)80-61(88)17-6-5-9-26-85-62(89)24-25-63(85)90/h7-8,10,12-14,16,18-25,34-36,57,65-68,72,91-93H,5-6,9,11,15,17,26-33,37-45H2,1-4H3,(H,80,88)(H,95,96)(H,97,98)(H,82,83,94)(H,100,101,102)/t57-,65-,66-,67+,68-,72+,75?,76?,77?,78?/m0/s1. The first-order valence-corrected chi connectivity index (χ1v) is 39.1. The summed E-state index contributed by atoms with van der Waals surface area (Å²) in [5.74, 6) is -6.47. The number of Topliss-reactive ketones (excluding diaryl/α,β-unsaturated/α-hetero) is 1. The number of unbranched alkanes of at least 4 members (excludes halogenated alkanes) is 2. The van der Waals surface area contributed by atoms with Crippen molar-refractivity contribution < 1.29 is 110 Å². The molecule has 1 saturated heterocycles. The van der Waals surface area contributed by atoms with Crippen LogP contribution >= 0.6 is 11.3 Å². The van der Waals surface area contributed by atoms with E-state index in [9.17, 15) is 76.9 Å². The first-order valence-electron chi connectivity index (χ1n) is 36.7. The van der Waals surface area contributed by atoms with Gasteiger partial charge >= 0.3 is 18.0 Å². The van der Waals surface area contributed by atoms with Crippen molar-refractivity contribution in [2.24, 2.45) is 16.2 Å². The number of carboxylic acid groups (broad SMARTS) is 2. The van der Waals surface area contributed by atoms with Crippen LogP contribution in [-0.4, -0.2) is 223 Å². The number of methoxy groups -OCH3 is 1. The lowest BCUT2D eigenvalue weighted by atomic mass is 9.39. The highest BCUT2D eigenvalue weighted by atomic mass is 32.2. The number of aromatic carboxylic acids is 1. The molecule has 33 heteroatoms. The van der Waals surface area contributed by atoms with Crippen LogP contribution in [0.15, 0.2) is 109 Å². The molecule has 13 rings (SSSR count). The number of aliphatic hydroxyl groups is 3. The van der Waals surface area contributed by atoms with E-state index in [1.807, 2.05) is 66.2 Å².